The van der Waals surface area contributed by atoms with E-state index in [1.165, 1.54) is 0 Å². The molecule has 0 saturated heterocycles. The van der Waals surface area contributed by atoms with E-state index in [2.05, 4.69) is 5.32 Å². The number of carbonyl (C=O) groups excluding carboxylic acids is 2. The molecule has 0 radical (unpaired) electrons. The maximum atomic E-state index is 13.0. The second-order valence-electron chi connectivity index (χ2n) is 6.57. The highest BCUT2D eigenvalue weighted by Crippen LogP contribution is 2.23. The largest absolute Gasteiger partial charge is 0.338 e. The lowest BCUT2D eigenvalue weighted by Crippen LogP contribution is -2.47. The first-order valence-corrected chi connectivity index (χ1v) is 8.53. The van der Waals surface area contributed by atoms with E-state index in [4.69, 9.17) is 5.26 Å². The van der Waals surface area contributed by atoms with Gasteiger partial charge in [-0.1, -0.05) is 30.3 Å². The first-order chi connectivity index (χ1) is 12.4. The van der Waals surface area contributed by atoms with E-state index in [0.29, 0.717) is 24.3 Å². The Hall–Kier alpha value is -3.13. The van der Waals surface area contributed by atoms with Crippen LogP contribution in [-0.4, -0.2) is 23.3 Å². The second kappa shape index (κ2) is 8.30. The maximum absolute atomic E-state index is 13.0. The fourth-order valence-corrected chi connectivity index (χ4v) is 2.54. The summed E-state index contributed by atoms with van der Waals surface area (Å²) in [4.78, 5) is 27.3. The fraction of sp³-hybridized carbons (Fsp3) is 0.286. The zero-order valence-corrected chi connectivity index (χ0v) is 15.3. The molecule has 0 bridgehead atoms. The van der Waals surface area contributed by atoms with Crippen molar-refractivity contribution in [3.05, 3.63) is 65.7 Å². The molecule has 0 saturated carbocycles. The van der Waals surface area contributed by atoms with Gasteiger partial charge in [-0.3, -0.25) is 9.59 Å². The van der Waals surface area contributed by atoms with Gasteiger partial charge in [0.25, 0.3) is 0 Å². The standard InChI is InChI=1S/C21H23N3O2/c1-4-24(15-17-8-6-5-7-9-17)20(26)21(2,3)19(25)23-18-12-10-16(14-22)11-13-18/h5-13H,4,15H2,1-3H3,(H,23,25). The minimum Gasteiger partial charge on any atom is -0.338 e. The average Bonchev–Trinajstić information content (AvgIpc) is 2.66. The summed E-state index contributed by atoms with van der Waals surface area (Å²) >= 11 is 0. The van der Waals surface area contributed by atoms with Gasteiger partial charge in [-0.05, 0) is 50.6 Å². The lowest BCUT2D eigenvalue weighted by Gasteiger charge is -2.30. The number of nitrogens with one attached hydrogen (secondary N) is 1. The number of hydrogen-bond acceptors (Lipinski definition) is 3. The molecule has 5 nitrogen and oxygen atoms in total. The maximum Gasteiger partial charge on any atom is 0.239 e. The molecule has 0 aliphatic carbocycles. The predicted molar refractivity (Wildman–Crippen MR) is 101 cm³/mol. The summed E-state index contributed by atoms with van der Waals surface area (Å²) in [5.41, 5.74) is 0.879. The summed E-state index contributed by atoms with van der Waals surface area (Å²) in [6.45, 7) is 6.13. The highest BCUT2D eigenvalue weighted by molar-refractivity contribution is 6.09. The number of hydrogen-bond donors (Lipinski definition) is 1. The van der Waals surface area contributed by atoms with Crippen molar-refractivity contribution in [2.24, 2.45) is 5.41 Å². The molecule has 0 aliphatic rings. The molecule has 2 aromatic rings. The van der Waals surface area contributed by atoms with Gasteiger partial charge in [0.1, 0.15) is 5.41 Å². The molecule has 2 amide bonds. The molecular weight excluding hydrogens is 326 g/mol. The van der Waals surface area contributed by atoms with Crippen LogP contribution in [0.2, 0.25) is 0 Å². The van der Waals surface area contributed by atoms with Crippen LogP contribution < -0.4 is 5.32 Å². The number of nitrogens with zero attached hydrogens (tertiary/aromatic N) is 2. The van der Waals surface area contributed by atoms with E-state index in [1.807, 2.05) is 43.3 Å². The molecule has 0 aliphatic heterocycles. The molecule has 134 valence electrons. The SMILES string of the molecule is CCN(Cc1ccccc1)C(=O)C(C)(C)C(=O)Nc1ccc(C#N)cc1. The van der Waals surface area contributed by atoms with Crippen molar-refractivity contribution < 1.29 is 9.59 Å². The highest BCUT2D eigenvalue weighted by atomic mass is 16.2. The van der Waals surface area contributed by atoms with E-state index in [0.717, 1.165) is 5.56 Å². The predicted octanol–water partition coefficient (Wildman–Crippen LogP) is 3.57. The van der Waals surface area contributed by atoms with Crippen LogP contribution in [0, 0.1) is 16.7 Å². The number of benzene rings is 2. The summed E-state index contributed by atoms with van der Waals surface area (Å²) in [5, 5.41) is 11.6. The van der Waals surface area contributed by atoms with E-state index in [1.54, 1.807) is 43.0 Å². The Bertz CT molecular complexity index is 805. The molecule has 0 heterocycles. The van der Waals surface area contributed by atoms with Gasteiger partial charge in [0.05, 0.1) is 11.6 Å². The van der Waals surface area contributed by atoms with Gasteiger partial charge in [0.2, 0.25) is 11.8 Å². The zero-order valence-electron chi connectivity index (χ0n) is 15.3. The molecule has 0 fully saturated rings. The van der Waals surface area contributed by atoms with Crippen molar-refractivity contribution in [2.45, 2.75) is 27.3 Å². The summed E-state index contributed by atoms with van der Waals surface area (Å²) in [6.07, 6.45) is 0. The van der Waals surface area contributed by atoms with Crippen molar-refractivity contribution >= 4 is 17.5 Å². The van der Waals surface area contributed by atoms with Crippen LogP contribution in [0.3, 0.4) is 0 Å². The Morgan fingerprint density at radius 2 is 1.69 bits per heavy atom. The first-order valence-electron chi connectivity index (χ1n) is 8.53. The quantitative estimate of drug-likeness (QED) is 0.810. The average molecular weight is 349 g/mol. The van der Waals surface area contributed by atoms with Crippen LogP contribution in [0.25, 0.3) is 0 Å². The molecule has 0 unspecified atom stereocenters. The highest BCUT2D eigenvalue weighted by Gasteiger charge is 2.38. The Morgan fingerprint density at radius 1 is 1.08 bits per heavy atom. The molecule has 0 aromatic heterocycles. The minimum absolute atomic E-state index is 0.227. The van der Waals surface area contributed by atoms with Crippen molar-refractivity contribution in [3.8, 4) is 6.07 Å². The number of carbonyl (C=O) groups is 2. The van der Waals surface area contributed by atoms with Crippen molar-refractivity contribution in [3.63, 3.8) is 0 Å². The second-order valence-corrected chi connectivity index (χ2v) is 6.57. The van der Waals surface area contributed by atoms with Gasteiger partial charge < -0.3 is 10.2 Å². The Kier molecular flexibility index (Phi) is 6.13. The topological polar surface area (TPSA) is 73.2 Å². The molecule has 2 rings (SSSR count). The van der Waals surface area contributed by atoms with Crippen molar-refractivity contribution in [1.29, 1.82) is 5.26 Å². The van der Waals surface area contributed by atoms with Crippen molar-refractivity contribution in [1.82, 2.24) is 4.90 Å². The Labute approximate surface area is 154 Å². The third-order valence-corrected chi connectivity index (χ3v) is 4.26. The number of amides is 2. The first kappa shape index (κ1) is 19.2. The molecule has 0 spiro atoms. The number of anilines is 1. The molecule has 2 aromatic carbocycles. The minimum atomic E-state index is -1.21. The van der Waals surface area contributed by atoms with Crippen LogP contribution >= 0.6 is 0 Å². The lowest BCUT2D eigenvalue weighted by molar-refractivity contribution is -0.146. The van der Waals surface area contributed by atoms with Crippen LogP contribution in [0.15, 0.2) is 54.6 Å². The van der Waals surface area contributed by atoms with Gasteiger partial charge in [0, 0.05) is 18.8 Å². The summed E-state index contributed by atoms with van der Waals surface area (Å²) in [6, 6.07) is 18.3. The summed E-state index contributed by atoms with van der Waals surface area (Å²) in [7, 11) is 0. The fourth-order valence-electron chi connectivity index (χ4n) is 2.54. The van der Waals surface area contributed by atoms with E-state index in [9.17, 15) is 9.59 Å². The number of nitriles is 1. The van der Waals surface area contributed by atoms with Gasteiger partial charge in [-0.25, -0.2) is 0 Å². The molecule has 5 heteroatoms. The molecule has 0 atom stereocenters. The Morgan fingerprint density at radius 3 is 2.23 bits per heavy atom. The van der Waals surface area contributed by atoms with E-state index >= 15 is 0 Å². The van der Waals surface area contributed by atoms with Crippen LogP contribution in [0.5, 0.6) is 0 Å². The third-order valence-electron chi connectivity index (χ3n) is 4.26. The molecule has 26 heavy (non-hydrogen) atoms. The van der Waals surface area contributed by atoms with Crippen molar-refractivity contribution in [2.75, 3.05) is 11.9 Å². The van der Waals surface area contributed by atoms with Crippen LogP contribution in [0.1, 0.15) is 31.9 Å². The van der Waals surface area contributed by atoms with Gasteiger partial charge in [-0.2, -0.15) is 5.26 Å². The van der Waals surface area contributed by atoms with E-state index < -0.39 is 5.41 Å². The summed E-state index contributed by atoms with van der Waals surface area (Å²) in [5.74, 6) is -0.603. The molecular formula is C21H23N3O2. The van der Waals surface area contributed by atoms with Gasteiger partial charge in [-0.15, -0.1) is 0 Å². The lowest BCUT2D eigenvalue weighted by atomic mass is 9.89. The van der Waals surface area contributed by atoms with Crippen LogP contribution in [0.4, 0.5) is 5.69 Å². The summed E-state index contributed by atoms with van der Waals surface area (Å²) < 4.78 is 0. The smallest absolute Gasteiger partial charge is 0.239 e. The molecule has 1 N–H and O–H groups in total. The van der Waals surface area contributed by atoms with Gasteiger partial charge >= 0.3 is 0 Å². The van der Waals surface area contributed by atoms with E-state index in [-0.39, 0.29) is 11.8 Å². The Balaban J connectivity index is 2.10. The van der Waals surface area contributed by atoms with Crippen LogP contribution in [-0.2, 0) is 16.1 Å². The third kappa shape index (κ3) is 4.48. The van der Waals surface area contributed by atoms with Gasteiger partial charge in [0.15, 0.2) is 0 Å². The normalized spacial score (nSPS) is 10.7. The monoisotopic (exact) mass is 349 g/mol. The number of rotatable bonds is 6. The zero-order chi connectivity index (χ0) is 19.2.